The minimum atomic E-state index is -1.61. The molecule has 0 radical (unpaired) electrons. The van der Waals surface area contributed by atoms with Crippen molar-refractivity contribution in [2.75, 3.05) is 12.3 Å². The highest BCUT2D eigenvalue weighted by Gasteiger charge is 2.28. The summed E-state index contributed by atoms with van der Waals surface area (Å²) in [6.45, 7) is -0.704. The van der Waals surface area contributed by atoms with Crippen molar-refractivity contribution >= 4 is 48.3 Å². The van der Waals surface area contributed by atoms with Crippen LogP contribution in [0.3, 0.4) is 0 Å². The highest BCUT2D eigenvalue weighted by Crippen LogP contribution is 1.97. The molecule has 0 aliphatic heterocycles. The lowest BCUT2D eigenvalue weighted by atomic mass is 10.1. The number of carboxylic acid groups (broad SMARTS) is 3. The zero-order valence-corrected chi connectivity index (χ0v) is 14.8. The van der Waals surface area contributed by atoms with Crippen molar-refractivity contribution in [3.05, 3.63) is 0 Å². The molecule has 3 unspecified atom stereocenters. The Morgan fingerprint density at radius 1 is 0.852 bits per heavy atom. The number of carboxylic acids is 3. The van der Waals surface area contributed by atoms with Crippen molar-refractivity contribution in [2.24, 2.45) is 5.73 Å². The summed E-state index contributed by atoms with van der Waals surface area (Å²) in [6, 6.07) is -4.41. The summed E-state index contributed by atoms with van der Waals surface area (Å²) in [4.78, 5) is 67.5. The van der Waals surface area contributed by atoms with E-state index in [4.69, 9.17) is 21.1 Å². The molecule has 8 N–H and O–H groups in total. The van der Waals surface area contributed by atoms with Gasteiger partial charge in [0.1, 0.15) is 12.1 Å². The van der Waals surface area contributed by atoms with E-state index in [0.717, 1.165) is 0 Å². The van der Waals surface area contributed by atoms with E-state index in [2.05, 4.69) is 12.6 Å². The zero-order chi connectivity index (χ0) is 21.1. The zero-order valence-electron chi connectivity index (χ0n) is 13.9. The average Bonchev–Trinajstić information content (AvgIpc) is 2.55. The summed E-state index contributed by atoms with van der Waals surface area (Å²) < 4.78 is 0. The predicted octanol–water partition coefficient (Wildman–Crippen LogP) is -3.64. The Labute approximate surface area is 158 Å². The van der Waals surface area contributed by atoms with Crippen molar-refractivity contribution in [3.8, 4) is 0 Å². The number of carbonyl (C=O) groups is 6. The van der Waals surface area contributed by atoms with Crippen LogP contribution in [0.2, 0.25) is 0 Å². The molecule has 0 spiro atoms. The van der Waals surface area contributed by atoms with E-state index in [1.54, 1.807) is 0 Å². The maximum absolute atomic E-state index is 12.0. The number of hydrogen-bond donors (Lipinski definition) is 8. The number of rotatable bonds is 12. The van der Waals surface area contributed by atoms with Gasteiger partial charge in [-0.25, -0.2) is 4.79 Å². The molecule has 0 rings (SSSR count). The first-order valence-electron chi connectivity index (χ1n) is 7.38. The van der Waals surface area contributed by atoms with Gasteiger partial charge in [-0.3, -0.25) is 24.0 Å². The van der Waals surface area contributed by atoms with Crippen molar-refractivity contribution in [2.45, 2.75) is 31.0 Å². The fourth-order valence-corrected chi connectivity index (χ4v) is 1.91. The Balaban J connectivity index is 4.79. The molecule has 0 aliphatic carbocycles. The normalized spacial score (nSPS) is 13.6. The standard InChI is InChI=1S/C13H20N4O9S/c14-5(1-9(19)20)11(23)15-3-8(18)16-6(2-10(21)22)12(24)17-7(4-27)13(25)26/h5-7,27H,1-4,14H2,(H,15,23)(H,16,18)(H,17,24)(H,19,20)(H,21,22)(H,25,26). The third kappa shape index (κ3) is 10.0. The number of carbonyl (C=O) groups excluding carboxylic acids is 3. The van der Waals surface area contributed by atoms with Crippen LogP contribution in [0, 0.1) is 0 Å². The third-order valence-corrected chi connectivity index (χ3v) is 3.35. The SMILES string of the molecule is NC(CC(=O)O)C(=O)NCC(=O)NC(CC(=O)O)C(=O)NC(CS)C(=O)O. The van der Waals surface area contributed by atoms with Crippen LogP contribution in [0.5, 0.6) is 0 Å². The van der Waals surface area contributed by atoms with Crippen LogP contribution in [-0.4, -0.2) is 81.4 Å². The van der Waals surface area contributed by atoms with E-state index < -0.39 is 73.1 Å². The maximum atomic E-state index is 12.0. The average molecular weight is 408 g/mol. The van der Waals surface area contributed by atoms with E-state index in [1.165, 1.54) is 0 Å². The molecule has 0 aromatic heterocycles. The lowest BCUT2D eigenvalue weighted by Crippen LogP contribution is -2.54. The third-order valence-electron chi connectivity index (χ3n) is 2.98. The number of hydrogen-bond acceptors (Lipinski definition) is 8. The summed E-state index contributed by atoms with van der Waals surface area (Å²) in [7, 11) is 0. The van der Waals surface area contributed by atoms with Gasteiger partial charge in [-0.1, -0.05) is 0 Å². The Morgan fingerprint density at radius 3 is 1.85 bits per heavy atom. The summed E-state index contributed by atoms with van der Waals surface area (Å²) in [5, 5.41) is 32.3. The smallest absolute Gasteiger partial charge is 0.327 e. The minimum absolute atomic E-state index is 0.271. The first kappa shape index (κ1) is 24.1. The second kappa shape index (κ2) is 11.7. The molecule has 13 nitrogen and oxygen atoms in total. The van der Waals surface area contributed by atoms with Gasteiger partial charge in [0.25, 0.3) is 0 Å². The summed E-state index contributed by atoms with van der Waals surface area (Å²) in [5.74, 6) is -7.41. The van der Waals surface area contributed by atoms with Gasteiger partial charge in [-0.2, -0.15) is 12.6 Å². The molecule has 3 amide bonds. The summed E-state index contributed by atoms with van der Waals surface area (Å²) in [6.07, 6.45) is -1.51. The van der Waals surface area contributed by atoms with E-state index in [-0.39, 0.29) is 5.75 Å². The van der Waals surface area contributed by atoms with Crippen LogP contribution in [0.15, 0.2) is 0 Å². The van der Waals surface area contributed by atoms with Crippen LogP contribution in [-0.2, 0) is 28.8 Å². The fourth-order valence-electron chi connectivity index (χ4n) is 1.67. The van der Waals surface area contributed by atoms with Gasteiger partial charge in [0, 0.05) is 5.75 Å². The molecule has 152 valence electrons. The minimum Gasteiger partial charge on any atom is -0.481 e. The van der Waals surface area contributed by atoms with Crippen LogP contribution in [0.25, 0.3) is 0 Å². The largest absolute Gasteiger partial charge is 0.481 e. The van der Waals surface area contributed by atoms with Gasteiger partial charge in [0.2, 0.25) is 17.7 Å². The monoisotopic (exact) mass is 408 g/mol. The summed E-state index contributed by atoms with van der Waals surface area (Å²) >= 11 is 3.74. The molecular weight excluding hydrogens is 388 g/mol. The van der Waals surface area contributed by atoms with Gasteiger partial charge < -0.3 is 37.0 Å². The number of nitrogens with two attached hydrogens (primary N) is 1. The van der Waals surface area contributed by atoms with Crippen LogP contribution < -0.4 is 21.7 Å². The van der Waals surface area contributed by atoms with E-state index >= 15 is 0 Å². The Hall–Kier alpha value is -2.87. The van der Waals surface area contributed by atoms with Gasteiger partial charge >= 0.3 is 17.9 Å². The van der Waals surface area contributed by atoms with Gasteiger partial charge in [-0.05, 0) is 0 Å². The van der Waals surface area contributed by atoms with E-state index in [9.17, 15) is 28.8 Å². The lowest BCUT2D eigenvalue weighted by molar-refractivity contribution is -0.143. The van der Waals surface area contributed by atoms with Crippen LogP contribution in [0.4, 0.5) is 0 Å². The van der Waals surface area contributed by atoms with E-state index in [1.807, 2.05) is 16.0 Å². The van der Waals surface area contributed by atoms with Crippen molar-refractivity contribution in [1.82, 2.24) is 16.0 Å². The molecule has 0 saturated carbocycles. The molecule has 0 aromatic carbocycles. The van der Waals surface area contributed by atoms with Gasteiger partial charge in [0.05, 0.1) is 25.4 Å². The fraction of sp³-hybridized carbons (Fsp3) is 0.538. The highest BCUT2D eigenvalue weighted by molar-refractivity contribution is 7.80. The van der Waals surface area contributed by atoms with Gasteiger partial charge in [-0.15, -0.1) is 0 Å². The highest BCUT2D eigenvalue weighted by atomic mass is 32.1. The van der Waals surface area contributed by atoms with E-state index in [0.29, 0.717) is 0 Å². The molecule has 27 heavy (non-hydrogen) atoms. The molecule has 0 saturated heterocycles. The van der Waals surface area contributed by atoms with Crippen LogP contribution in [0.1, 0.15) is 12.8 Å². The molecular formula is C13H20N4O9S. The maximum Gasteiger partial charge on any atom is 0.327 e. The number of aliphatic carboxylic acids is 3. The second-order valence-corrected chi connectivity index (χ2v) is 5.59. The molecule has 0 aromatic rings. The van der Waals surface area contributed by atoms with Crippen molar-refractivity contribution < 1.29 is 44.1 Å². The summed E-state index contributed by atoms with van der Waals surface area (Å²) in [5.41, 5.74) is 5.29. The second-order valence-electron chi connectivity index (χ2n) is 5.22. The first-order chi connectivity index (χ1) is 12.5. The predicted molar refractivity (Wildman–Crippen MR) is 90.8 cm³/mol. The number of thiol groups is 1. The molecule has 0 heterocycles. The Kier molecular flexibility index (Phi) is 10.4. The topological polar surface area (TPSA) is 225 Å². The van der Waals surface area contributed by atoms with Crippen molar-refractivity contribution in [1.29, 1.82) is 0 Å². The number of amides is 3. The molecule has 0 fully saturated rings. The Morgan fingerprint density at radius 2 is 1.41 bits per heavy atom. The molecule has 14 heteroatoms. The van der Waals surface area contributed by atoms with Crippen LogP contribution >= 0.6 is 12.6 Å². The molecule has 0 aliphatic rings. The lowest BCUT2D eigenvalue weighted by Gasteiger charge is -2.19. The molecule has 0 bridgehead atoms. The quantitative estimate of drug-likeness (QED) is 0.148. The van der Waals surface area contributed by atoms with Gasteiger partial charge in [0.15, 0.2) is 0 Å². The molecule has 3 atom stereocenters. The first-order valence-corrected chi connectivity index (χ1v) is 8.01. The number of nitrogens with one attached hydrogen (secondary N) is 3. The Bertz CT molecular complexity index is 613. The van der Waals surface area contributed by atoms with Crippen molar-refractivity contribution in [3.63, 3.8) is 0 Å².